The molecule has 2 aromatic rings. The normalized spacial score (nSPS) is 27.6. The Morgan fingerprint density at radius 1 is 1.30 bits per heavy atom. The zero-order chi connectivity index (χ0) is 14.2. The lowest BCUT2D eigenvalue weighted by Gasteiger charge is -2.24. The number of aliphatic hydroxyl groups is 1. The van der Waals surface area contributed by atoms with Gasteiger partial charge in [-0.05, 0) is 55.9 Å². The van der Waals surface area contributed by atoms with Crippen molar-refractivity contribution in [2.75, 3.05) is 0 Å². The van der Waals surface area contributed by atoms with Crippen LogP contribution in [-0.2, 0) is 5.60 Å². The van der Waals surface area contributed by atoms with Crippen molar-refractivity contribution < 1.29 is 13.9 Å². The zero-order valence-corrected chi connectivity index (χ0v) is 11.9. The first kappa shape index (κ1) is 13.6. The van der Waals surface area contributed by atoms with E-state index >= 15 is 0 Å². The number of hydrogen-bond acceptors (Lipinski definition) is 2. The monoisotopic (exact) mass is 276 g/mol. The largest absolute Gasteiger partial charge is 0.458 e. The van der Waals surface area contributed by atoms with Gasteiger partial charge in [0.1, 0.15) is 22.8 Å². The van der Waals surface area contributed by atoms with Gasteiger partial charge >= 0.3 is 0 Å². The summed E-state index contributed by atoms with van der Waals surface area (Å²) in [5.74, 6) is 1.02. The van der Waals surface area contributed by atoms with Crippen molar-refractivity contribution in [2.45, 2.75) is 51.0 Å². The average molecular weight is 276 g/mol. The molecule has 1 aliphatic rings. The molecule has 108 valence electrons. The van der Waals surface area contributed by atoms with E-state index in [0.717, 1.165) is 31.1 Å². The van der Waals surface area contributed by atoms with Crippen LogP contribution in [0.2, 0.25) is 0 Å². The van der Waals surface area contributed by atoms with Gasteiger partial charge in [0.05, 0.1) is 0 Å². The minimum absolute atomic E-state index is 0.274. The van der Waals surface area contributed by atoms with E-state index in [0.29, 0.717) is 17.3 Å². The van der Waals surface area contributed by atoms with Gasteiger partial charge in [-0.2, -0.15) is 0 Å². The van der Waals surface area contributed by atoms with Gasteiger partial charge in [0.25, 0.3) is 0 Å². The maximum absolute atomic E-state index is 13.2. The lowest BCUT2D eigenvalue weighted by molar-refractivity contribution is 0.000157. The highest BCUT2D eigenvalue weighted by Gasteiger charge is 2.35. The van der Waals surface area contributed by atoms with Crippen LogP contribution in [0.4, 0.5) is 4.39 Å². The van der Waals surface area contributed by atoms with Gasteiger partial charge in [0, 0.05) is 5.39 Å². The third kappa shape index (κ3) is 2.47. The maximum atomic E-state index is 13.2. The second kappa shape index (κ2) is 5.21. The van der Waals surface area contributed by atoms with Gasteiger partial charge < -0.3 is 9.52 Å². The van der Waals surface area contributed by atoms with Crippen LogP contribution in [0.1, 0.15) is 51.2 Å². The highest BCUT2D eigenvalue weighted by atomic mass is 19.1. The molecule has 2 atom stereocenters. The third-order valence-corrected chi connectivity index (χ3v) is 4.68. The smallest absolute Gasteiger partial charge is 0.136 e. The second-order valence-corrected chi connectivity index (χ2v) is 6.03. The Kier molecular flexibility index (Phi) is 3.55. The quantitative estimate of drug-likeness (QED) is 0.803. The van der Waals surface area contributed by atoms with Crippen molar-refractivity contribution >= 4 is 11.0 Å². The number of hydrogen-bond donors (Lipinski definition) is 1. The van der Waals surface area contributed by atoms with Crippen molar-refractivity contribution in [3.63, 3.8) is 0 Å². The van der Waals surface area contributed by atoms with E-state index in [9.17, 15) is 9.50 Å². The predicted molar refractivity (Wildman–Crippen MR) is 76.9 cm³/mol. The molecule has 1 heterocycles. The highest BCUT2D eigenvalue weighted by molar-refractivity contribution is 5.78. The topological polar surface area (TPSA) is 33.4 Å². The van der Waals surface area contributed by atoms with E-state index in [1.54, 1.807) is 12.1 Å². The molecule has 0 amide bonds. The standard InChI is InChI=1S/C17H21FO2/c1-2-12-4-3-8-17(19,9-7-12)16-11-13-10-14(18)5-6-15(13)20-16/h5-6,10-12,19H,2-4,7-9H2,1H3. The van der Waals surface area contributed by atoms with Crippen LogP contribution in [0.5, 0.6) is 0 Å². The maximum Gasteiger partial charge on any atom is 0.136 e. The molecule has 0 aliphatic heterocycles. The summed E-state index contributed by atoms with van der Waals surface area (Å²) < 4.78 is 19.0. The summed E-state index contributed by atoms with van der Waals surface area (Å²) in [5.41, 5.74) is -0.245. The Balaban J connectivity index is 1.92. The molecule has 0 saturated heterocycles. The summed E-state index contributed by atoms with van der Waals surface area (Å²) in [7, 11) is 0. The van der Waals surface area contributed by atoms with Crippen LogP contribution in [0, 0.1) is 11.7 Å². The summed E-state index contributed by atoms with van der Waals surface area (Å²) in [6.07, 6.45) is 5.84. The van der Waals surface area contributed by atoms with Crippen LogP contribution >= 0.6 is 0 Å². The van der Waals surface area contributed by atoms with Crippen LogP contribution in [-0.4, -0.2) is 5.11 Å². The van der Waals surface area contributed by atoms with Gasteiger partial charge in [-0.3, -0.25) is 0 Å². The van der Waals surface area contributed by atoms with Gasteiger partial charge in [0.2, 0.25) is 0 Å². The van der Waals surface area contributed by atoms with Crippen molar-refractivity contribution in [2.24, 2.45) is 5.92 Å². The predicted octanol–water partition coefficient (Wildman–Crippen LogP) is 4.75. The van der Waals surface area contributed by atoms with Crippen molar-refractivity contribution in [1.82, 2.24) is 0 Å². The van der Waals surface area contributed by atoms with E-state index in [4.69, 9.17) is 4.42 Å². The summed E-state index contributed by atoms with van der Waals surface area (Å²) >= 11 is 0. The number of rotatable bonds is 2. The Morgan fingerprint density at radius 2 is 2.15 bits per heavy atom. The van der Waals surface area contributed by atoms with Gasteiger partial charge in [0.15, 0.2) is 0 Å². The first-order valence-corrected chi connectivity index (χ1v) is 7.53. The molecule has 0 radical (unpaired) electrons. The molecule has 1 aromatic carbocycles. The number of halogens is 1. The molecule has 1 N–H and O–H groups in total. The molecule has 1 aliphatic carbocycles. The number of fused-ring (bicyclic) bond motifs is 1. The minimum atomic E-state index is -0.889. The second-order valence-electron chi connectivity index (χ2n) is 6.03. The van der Waals surface area contributed by atoms with Crippen LogP contribution < -0.4 is 0 Å². The Hall–Kier alpha value is -1.35. The summed E-state index contributed by atoms with van der Waals surface area (Å²) in [6, 6.07) is 6.27. The van der Waals surface area contributed by atoms with Gasteiger partial charge in [-0.25, -0.2) is 4.39 Å². The Morgan fingerprint density at radius 3 is 2.95 bits per heavy atom. The molecule has 3 rings (SSSR count). The van der Waals surface area contributed by atoms with Crippen LogP contribution in [0.25, 0.3) is 11.0 Å². The summed E-state index contributed by atoms with van der Waals surface area (Å²) in [6.45, 7) is 2.21. The highest BCUT2D eigenvalue weighted by Crippen LogP contribution is 2.40. The fraction of sp³-hybridized carbons (Fsp3) is 0.529. The molecule has 2 unspecified atom stereocenters. The number of furan rings is 1. The molecule has 0 spiro atoms. The van der Waals surface area contributed by atoms with Crippen molar-refractivity contribution in [3.05, 3.63) is 35.8 Å². The summed E-state index contributed by atoms with van der Waals surface area (Å²) in [4.78, 5) is 0. The van der Waals surface area contributed by atoms with E-state index in [1.807, 2.05) is 0 Å². The van der Waals surface area contributed by atoms with E-state index in [-0.39, 0.29) is 5.82 Å². The average Bonchev–Trinajstić information content (AvgIpc) is 2.76. The molecule has 1 saturated carbocycles. The molecular formula is C17H21FO2. The molecule has 20 heavy (non-hydrogen) atoms. The Bertz CT molecular complexity index is 604. The zero-order valence-electron chi connectivity index (χ0n) is 11.9. The fourth-order valence-corrected chi connectivity index (χ4v) is 3.29. The molecular weight excluding hydrogens is 255 g/mol. The fourth-order valence-electron chi connectivity index (χ4n) is 3.29. The third-order valence-electron chi connectivity index (χ3n) is 4.68. The van der Waals surface area contributed by atoms with Gasteiger partial charge in [-0.15, -0.1) is 0 Å². The SMILES string of the molecule is CCC1CCCC(O)(c2cc3cc(F)ccc3o2)CC1. The number of benzene rings is 1. The van der Waals surface area contributed by atoms with E-state index in [1.165, 1.54) is 25.0 Å². The lowest BCUT2D eigenvalue weighted by Crippen LogP contribution is -2.24. The van der Waals surface area contributed by atoms with E-state index in [2.05, 4.69) is 6.92 Å². The molecule has 0 bridgehead atoms. The molecule has 2 nitrogen and oxygen atoms in total. The van der Waals surface area contributed by atoms with Crippen molar-refractivity contribution in [1.29, 1.82) is 0 Å². The van der Waals surface area contributed by atoms with Crippen LogP contribution in [0.3, 0.4) is 0 Å². The molecule has 1 aromatic heterocycles. The Labute approximate surface area is 118 Å². The first-order valence-electron chi connectivity index (χ1n) is 7.53. The van der Waals surface area contributed by atoms with Crippen molar-refractivity contribution in [3.8, 4) is 0 Å². The van der Waals surface area contributed by atoms with Crippen LogP contribution in [0.15, 0.2) is 28.7 Å². The molecule has 3 heteroatoms. The summed E-state index contributed by atoms with van der Waals surface area (Å²) in [5, 5.41) is 11.6. The van der Waals surface area contributed by atoms with Gasteiger partial charge in [-0.1, -0.05) is 19.8 Å². The minimum Gasteiger partial charge on any atom is -0.458 e. The van der Waals surface area contributed by atoms with E-state index < -0.39 is 5.60 Å². The lowest BCUT2D eigenvalue weighted by atomic mass is 9.90. The first-order chi connectivity index (χ1) is 9.60. The molecule has 1 fully saturated rings.